The monoisotopic (exact) mass is 318 g/mol. The van der Waals surface area contributed by atoms with Crippen LogP contribution in [0, 0.1) is 0 Å². The van der Waals surface area contributed by atoms with Crippen molar-refractivity contribution in [1.82, 2.24) is 4.90 Å². The molecule has 1 aromatic carbocycles. The highest BCUT2D eigenvalue weighted by atomic mass is 35.5. The van der Waals surface area contributed by atoms with Crippen LogP contribution in [-0.4, -0.2) is 36.0 Å². The highest BCUT2D eigenvalue weighted by Crippen LogP contribution is 2.24. The Bertz CT molecular complexity index is 457. The number of hydrogen-bond donors (Lipinski definition) is 1. The molecule has 1 heterocycles. The number of hydrogen-bond acceptors (Lipinski definition) is 3. The van der Waals surface area contributed by atoms with Gasteiger partial charge in [-0.05, 0) is 31.5 Å². The zero-order chi connectivity index (χ0) is 14.0. The van der Waals surface area contributed by atoms with Gasteiger partial charge in [-0.2, -0.15) is 0 Å². The van der Waals surface area contributed by atoms with Gasteiger partial charge in [-0.3, -0.25) is 4.79 Å². The number of halogens is 2. The maximum Gasteiger partial charge on any atom is 0.242 e. The fourth-order valence-corrected chi connectivity index (χ4v) is 2.25. The number of benzene rings is 1. The molecule has 0 aromatic heterocycles. The van der Waals surface area contributed by atoms with Gasteiger partial charge in [-0.15, -0.1) is 12.4 Å². The summed E-state index contributed by atoms with van der Waals surface area (Å²) in [5.74, 6) is -0.0465. The van der Waals surface area contributed by atoms with Gasteiger partial charge in [0.1, 0.15) is 6.10 Å². The Morgan fingerprint density at radius 2 is 2.00 bits per heavy atom. The minimum absolute atomic E-state index is 0. The summed E-state index contributed by atoms with van der Waals surface area (Å²) in [6, 6.07) is 7.50. The van der Waals surface area contributed by atoms with Crippen molar-refractivity contribution in [2.75, 3.05) is 19.7 Å². The fraction of sp³-hybridized carbons (Fsp3) is 0.500. The molecule has 1 aromatic rings. The number of nitrogens with zero attached hydrogens (tertiary/aromatic N) is 1. The van der Waals surface area contributed by atoms with E-state index in [4.69, 9.17) is 22.1 Å². The molecule has 1 unspecified atom stereocenters. The van der Waals surface area contributed by atoms with Crippen molar-refractivity contribution in [2.45, 2.75) is 25.5 Å². The third kappa shape index (κ3) is 4.09. The van der Waals surface area contributed by atoms with Crippen LogP contribution in [0.2, 0.25) is 5.02 Å². The summed E-state index contributed by atoms with van der Waals surface area (Å²) in [6.45, 7) is 5.09. The number of carbonyl (C=O) groups excluding carboxylic acids is 1. The summed E-state index contributed by atoms with van der Waals surface area (Å²) in [7, 11) is 0. The predicted molar refractivity (Wildman–Crippen MR) is 82.2 cm³/mol. The maximum absolute atomic E-state index is 12.2. The van der Waals surface area contributed by atoms with Crippen molar-refractivity contribution in [3.63, 3.8) is 0 Å². The Morgan fingerprint density at radius 1 is 1.40 bits per heavy atom. The normalized spacial score (nSPS) is 19.4. The molecule has 20 heavy (non-hydrogen) atoms. The smallest absolute Gasteiger partial charge is 0.242 e. The number of nitrogens with two attached hydrogens (primary N) is 1. The van der Waals surface area contributed by atoms with E-state index >= 15 is 0 Å². The van der Waals surface area contributed by atoms with Crippen molar-refractivity contribution in [3.8, 4) is 0 Å². The molecular formula is C14H20Cl2N2O2. The third-order valence-electron chi connectivity index (χ3n) is 3.15. The second kappa shape index (κ2) is 6.76. The van der Waals surface area contributed by atoms with Gasteiger partial charge in [-0.25, -0.2) is 0 Å². The first kappa shape index (κ1) is 17.2. The van der Waals surface area contributed by atoms with Crippen molar-refractivity contribution in [2.24, 2.45) is 5.73 Å². The molecule has 2 N–H and O–H groups in total. The summed E-state index contributed by atoms with van der Waals surface area (Å²) in [5, 5.41) is 0.690. The Hall–Kier alpha value is -0.810. The lowest BCUT2D eigenvalue weighted by atomic mass is 10.0. The maximum atomic E-state index is 12.2. The summed E-state index contributed by atoms with van der Waals surface area (Å²) < 4.78 is 5.72. The van der Waals surface area contributed by atoms with Crippen LogP contribution in [-0.2, 0) is 9.53 Å². The van der Waals surface area contributed by atoms with E-state index in [0.29, 0.717) is 24.7 Å². The molecular weight excluding hydrogens is 299 g/mol. The standard InChI is InChI=1S/C14H19ClN2O2.ClH/c1-14(2,16)13(18)17-7-8-19-12(9-17)10-3-5-11(15)6-4-10;/h3-6,12H,7-9,16H2,1-2H3;1H. The number of morpholine rings is 1. The van der Waals surface area contributed by atoms with Gasteiger partial charge >= 0.3 is 0 Å². The Kier molecular flexibility index (Phi) is 5.83. The van der Waals surface area contributed by atoms with E-state index in [9.17, 15) is 4.79 Å². The molecule has 0 aliphatic carbocycles. The molecule has 1 aliphatic heterocycles. The second-order valence-electron chi connectivity index (χ2n) is 5.38. The Balaban J connectivity index is 0.00000200. The van der Waals surface area contributed by atoms with Crippen LogP contribution >= 0.6 is 24.0 Å². The van der Waals surface area contributed by atoms with Gasteiger partial charge < -0.3 is 15.4 Å². The molecule has 0 bridgehead atoms. The van der Waals surface area contributed by atoms with Gasteiger partial charge in [0.2, 0.25) is 5.91 Å². The molecule has 0 saturated carbocycles. The molecule has 0 spiro atoms. The van der Waals surface area contributed by atoms with E-state index in [2.05, 4.69) is 0 Å². The molecule has 1 amide bonds. The average molecular weight is 319 g/mol. The van der Waals surface area contributed by atoms with Gasteiger partial charge in [0.15, 0.2) is 0 Å². The second-order valence-corrected chi connectivity index (χ2v) is 5.82. The molecule has 6 heteroatoms. The van der Waals surface area contributed by atoms with E-state index in [1.54, 1.807) is 18.7 Å². The lowest BCUT2D eigenvalue weighted by Gasteiger charge is -2.36. The van der Waals surface area contributed by atoms with Crippen LogP contribution in [0.3, 0.4) is 0 Å². The molecule has 0 radical (unpaired) electrons. The van der Waals surface area contributed by atoms with Crippen molar-refractivity contribution in [3.05, 3.63) is 34.9 Å². The SMILES string of the molecule is CC(C)(N)C(=O)N1CCOC(c2ccc(Cl)cc2)C1.Cl. The third-order valence-corrected chi connectivity index (χ3v) is 3.40. The Labute approximate surface area is 130 Å². The highest BCUT2D eigenvalue weighted by Gasteiger charge is 2.32. The van der Waals surface area contributed by atoms with Crippen LogP contribution in [0.5, 0.6) is 0 Å². The minimum Gasteiger partial charge on any atom is -0.370 e. The number of carbonyl (C=O) groups is 1. The van der Waals surface area contributed by atoms with Crippen LogP contribution in [0.1, 0.15) is 25.5 Å². The van der Waals surface area contributed by atoms with Gasteiger partial charge in [0.05, 0.1) is 18.7 Å². The van der Waals surface area contributed by atoms with Gasteiger partial charge in [-0.1, -0.05) is 23.7 Å². The van der Waals surface area contributed by atoms with Crippen LogP contribution in [0.25, 0.3) is 0 Å². The first-order valence-electron chi connectivity index (χ1n) is 6.33. The summed E-state index contributed by atoms with van der Waals surface area (Å²) in [5.41, 5.74) is 6.04. The van der Waals surface area contributed by atoms with Crippen LogP contribution in [0.15, 0.2) is 24.3 Å². The number of amides is 1. The van der Waals surface area contributed by atoms with Crippen molar-refractivity contribution >= 4 is 29.9 Å². The van der Waals surface area contributed by atoms with Crippen molar-refractivity contribution < 1.29 is 9.53 Å². The highest BCUT2D eigenvalue weighted by molar-refractivity contribution is 6.30. The van der Waals surface area contributed by atoms with Crippen LogP contribution in [0.4, 0.5) is 0 Å². The summed E-state index contributed by atoms with van der Waals surface area (Å²) >= 11 is 5.87. The van der Waals surface area contributed by atoms with E-state index in [1.807, 2.05) is 24.3 Å². The Morgan fingerprint density at radius 3 is 2.55 bits per heavy atom. The van der Waals surface area contributed by atoms with E-state index < -0.39 is 5.54 Å². The number of ether oxygens (including phenoxy) is 1. The number of rotatable bonds is 2. The zero-order valence-corrected chi connectivity index (χ0v) is 13.2. The average Bonchev–Trinajstić information content (AvgIpc) is 2.38. The minimum atomic E-state index is -0.845. The largest absolute Gasteiger partial charge is 0.370 e. The molecule has 1 saturated heterocycles. The molecule has 4 nitrogen and oxygen atoms in total. The van der Waals surface area contributed by atoms with E-state index in [1.165, 1.54) is 0 Å². The first-order valence-corrected chi connectivity index (χ1v) is 6.71. The topological polar surface area (TPSA) is 55.6 Å². The molecule has 1 aliphatic rings. The zero-order valence-electron chi connectivity index (χ0n) is 11.6. The molecule has 1 atom stereocenters. The summed E-state index contributed by atoms with van der Waals surface area (Å²) in [6.07, 6.45) is -0.114. The lowest BCUT2D eigenvalue weighted by molar-refractivity contribution is -0.143. The molecule has 2 rings (SSSR count). The van der Waals surface area contributed by atoms with Gasteiger partial charge in [0.25, 0.3) is 0 Å². The first-order chi connectivity index (χ1) is 8.88. The van der Waals surface area contributed by atoms with E-state index in [-0.39, 0.29) is 24.4 Å². The summed E-state index contributed by atoms with van der Waals surface area (Å²) in [4.78, 5) is 13.9. The molecule has 112 valence electrons. The fourth-order valence-electron chi connectivity index (χ4n) is 2.12. The van der Waals surface area contributed by atoms with Crippen molar-refractivity contribution in [1.29, 1.82) is 0 Å². The van der Waals surface area contributed by atoms with E-state index in [0.717, 1.165) is 5.56 Å². The van der Waals surface area contributed by atoms with Crippen LogP contribution < -0.4 is 5.73 Å². The quantitative estimate of drug-likeness (QED) is 0.911. The predicted octanol–water partition coefficient (Wildman–Crippen LogP) is 2.40. The van der Waals surface area contributed by atoms with Gasteiger partial charge in [0, 0.05) is 11.6 Å². The molecule has 1 fully saturated rings. The lowest BCUT2D eigenvalue weighted by Crippen LogP contribution is -2.54.